The number of nitrogens with zero attached hydrogens (tertiary/aromatic N) is 3. The number of hydrogen-bond donors (Lipinski definition) is 1. The quantitative estimate of drug-likeness (QED) is 0.638. The minimum atomic E-state index is -0.687. The van der Waals surface area contributed by atoms with E-state index in [4.69, 9.17) is 26.8 Å². The highest BCUT2D eigenvalue weighted by Gasteiger charge is 2.39. The molecule has 2 N–H and O–H groups in total. The molecule has 1 aliphatic heterocycles. The molecule has 1 saturated heterocycles. The number of nitrogens with two attached hydrogens (primary N) is 1. The standard InChI is InChI=1S/C25H35ClN4O4/c1-25(2,3)34-24(32)29-11-12-33-22(16-29)23(31)30(18-6-7-18)14-17-5-8-19-20(26)15-28(10-4-9-27)21(19)13-17/h5,8,13,15,18,22H,4,6-7,9-12,14,16,27H2,1-3H3. The van der Waals surface area contributed by atoms with Crippen LogP contribution in [0, 0.1) is 0 Å². The van der Waals surface area contributed by atoms with E-state index in [9.17, 15) is 9.59 Å². The topological polar surface area (TPSA) is 90.0 Å². The number of aromatic nitrogens is 1. The first-order valence-corrected chi connectivity index (χ1v) is 12.4. The summed E-state index contributed by atoms with van der Waals surface area (Å²) in [5.74, 6) is -0.0765. The molecule has 2 fully saturated rings. The SMILES string of the molecule is CC(C)(C)OC(=O)N1CCOC(C(=O)N(Cc2ccc3c(Cl)cn(CCCN)c3c2)C2CC2)C1. The Hall–Kier alpha value is -2.29. The van der Waals surface area contributed by atoms with Gasteiger partial charge >= 0.3 is 6.09 Å². The molecule has 4 rings (SSSR count). The van der Waals surface area contributed by atoms with Gasteiger partial charge in [0.1, 0.15) is 5.60 Å². The predicted molar refractivity (Wildman–Crippen MR) is 132 cm³/mol. The summed E-state index contributed by atoms with van der Waals surface area (Å²) in [7, 11) is 0. The lowest BCUT2D eigenvalue weighted by Crippen LogP contribution is -2.53. The highest BCUT2D eigenvalue weighted by Crippen LogP contribution is 2.32. The number of rotatable bonds is 7. The molecule has 0 radical (unpaired) electrons. The fourth-order valence-electron chi connectivity index (χ4n) is 4.28. The number of benzene rings is 1. The van der Waals surface area contributed by atoms with Gasteiger partial charge in [0, 0.05) is 42.8 Å². The highest BCUT2D eigenvalue weighted by atomic mass is 35.5. The minimum absolute atomic E-state index is 0.0765. The number of halogens is 1. The molecule has 2 heterocycles. The Bertz CT molecular complexity index is 1040. The van der Waals surface area contributed by atoms with Crippen LogP contribution in [0.2, 0.25) is 5.02 Å². The summed E-state index contributed by atoms with van der Waals surface area (Å²) in [6.45, 7) is 8.33. The number of amides is 2. The summed E-state index contributed by atoms with van der Waals surface area (Å²) < 4.78 is 13.4. The number of aryl methyl sites for hydroxylation is 1. The minimum Gasteiger partial charge on any atom is -0.444 e. The summed E-state index contributed by atoms with van der Waals surface area (Å²) in [4.78, 5) is 29.5. The van der Waals surface area contributed by atoms with Crippen molar-refractivity contribution >= 4 is 34.5 Å². The highest BCUT2D eigenvalue weighted by molar-refractivity contribution is 6.35. The normalized spacial score (nSPS) is 18.9. The van der Waals surface area contributed by atoms with Crippen LogP contribution in [0.4, 0.5) is 4.79 Å². The fraction of sp³-hybridized carbons (Fsp3) is 0.600. The van der Waals surface area contributed by atoms with Crippen molar-refractivity contribution in [2.24, 2.45) is 5.73 Å². The van der Waals surface area contributed by atoms with Crippen LogP contribution in [0.15, 0.2) is 24.4 Å². The van der Waals surface area contributed by atoms with Crippen LogP contribution in [-0.4, -0.2) is 70.4 Å². The van der Waals surface area contributed by atoms with Crippen LogP contribution in [-0.2, 0) is 27.4 Å². The number of carbonyl (C=O) groups is 2. The fourth-order valence-corrected chi connectivity index (χ4v) is 4.56. The first-order chi connectivity index (χ1) is 16.2. The van der Waals surface area contributed by atoms with Crippen LogP contribution < -0.4 is 5.73 Å². The summed E-state index contributed by atoms with van der Waals surface area (Å²) in [6.07, 6.45) is 3.67. The average Bonchev–Trinajstić information content (AvgIpc) is 3.59. The van der Waals surface area contributed by atoms with Gasteiger partial charge in [-0.15, -0.1) is 0 Å². The van der Waals surface area contributed by atoms with E-state index < -0.39 is 17.8 Å². The number of carbonyl (C=O) groups excluding carboxylic acids is 2. The summed E-state index contributed by atoms with van der Waals surface area (Å²) in [6, 6.07) is 6.35. The Labute approximate surface area is 205 Å². The van der Waals surface area contributed by atoms with Crippen molar-refractivity contribution in [1.82, 2.24) is 14.4 Å². The Morgan fingerprint density at radius 1 is 1.29 bits per heavy atom. The van der Waals surface area contributed by atoms with E-state index >= 15 is 0 Å². The Kier molecular flexibility index (Phi) is 7.40. The lowest BCUT2D eigenvalue weighted by molar-refractivity contribution is -0.150. The van der Waals surface area contributed by atoms with E-state index in [0.29, 0.717) is 31.3 Å². The van der Waals surface area contributed by atoms with E-state index in [-0.39, 0.29) is 18.5 Å². The average molecular weight is 491 g/mol. The lowest BCUT2D eigenvalue weighted by atomic mass is 10.1. The first-order valence-electron chi connectivity index (χ1n) is 12.0. The molecule has 186 valence electrons. The molecule has 2 aliphatic rings. The molecule has 2 amide bonds. The zero-order chi connectivity index (χ0) is 24.5. The number of ether oxygens (including phenoxy) is 2. The molecule has 2 aromatic rings. The molecule has 0 spiro atoms. The molecule has 0 bridgehead atoms. The van der Waals surface area contributed by atoms with Crippen molar-refractivity contribution in [2.75, 3.05) is 26.2 Å². The third-order valence-electron chi connectivity index (χ3n) is 6.12. The molecule has 1 aliphatic carbocycles. The molecule has 1 aromatic heterocycles. The number of fused-ring (bicyclic) bond motifs is 1. The number of hydrogen-bond acceptors (Lipinski definition) is 5. The zero-order valence-electron chi connectivity index (χ0n) is 20.3. The maximum absolute atomic E-state index is 13.5. The van der Waals surface area contributed by atoms with Crippen molar-refractivity contribution in [3.63, 3.8) is 0 Å². The molecular formula is C25H35ClN4O4. The van der Waals surface area contributed by atoms with Crippen molar-refractivity contribution in [1.29, 1.82) is 0 Å². The first kappa shape index (κ1) is 24.8. The van der Waals surface area contributed by atoms with Gasteiger partial charge in [0.15, 0.2) is 6.10 Å². The maximum Gasteiger partial charge on any atom is 0.410 e. The van der Waals surface area contributed by atoms with Crippen LogP contribution in [0.5, 0.6) is 0 Å². The van der Waals surface area contributed by atoms with Crippen molar-refractivity contribution < 1.29 is 19.1 Å². The Balaban J connectivity index is 1.48. The summed E-state index contributed by atoms with van der Waals surface area (Å²) in [5.41, 5.74) is 7.19. The van der Waals surface area contributed by atoms with Crippen LogP contribution in [0.25, 0.3) is 10.9 Å². The van der Waals surface area contributed by atoms with E-state index in [2.05, 4.69) is 10.6 Å². The van der Waals surface area contributed by atoms with Gasteiger partial charge in [-0.3, -0.25) is 4.79 Å². The van der Waals surface area contributed by atoms with Gasteiger partial charge in [-0.2, -0.15) is 0 Å². The van der Waals surface area contributed by atoms with Crippen molar-refractivity contribution in [3.8, 4) is 0 Å². The van der Waals surface area contributed by atoms with Gasteiger partial charge in [0.05, 0.1) is 18.2 Å². The molecule has 34 heavy (non-hydrogen) atoms. The van der Waals surface area contributed by atoms with Gasteiger partial charge in [-0.1, -0.05) is 23.7 Å². The second-order valence-electron chi connectivity index (χ2n) is 10.1. The van der Waals surface area contributed by atoms with E-state index in [1.54, 1.807) is 4.90 Å². The Morgan fingerprint density at radius 3 is 2.74 bits per heavy atom. The Morgan fingerprint density at radius 2 is 2.06 bits per heavy atom. The molecule has 1 saturated carbocycles. The third kappa shape index (κ3) is 5.85. The van der Waals surface area contributed by atoms with Crippen LogP contribution in [0.1, 0.15) is 45.6 Å². The van der Waals surface area contributed by atoms with Gasteiger partial charge < -0.3 is 29.6 Å². The third-order valence-corrected chi connectivity index (χ3v) is 6.42. The molecule has 1 unspecified atom stereocenters. The molecule has 1 aromatic carbocycles. The maximum atomic E-state index is 13.5. The van der Waals surface area contributed by atoms with E-state index in [1.165, 1.54) is 0 Å². The van der Waals surface area contributed by atoms with Gasteiger partial charge in [0.2, 0.25) is 0 Å². The van der Waals surface area contributed by atoms with E-state index in [0.717, 1.165) is 42.3 Å². The molecule has 1 atom stereocenters. The van der Waals surface area contributed by atoms with Crippen molar-refractivity contribution in [3.05, 3.63) is 35.0 Å². The second-order valence-corrected chi connectivity index (χ2v) is 10.6. The molecule has 8 nitrogen and oxygen atoms in total. The molecule has 9 heteroatoms. The summed E-state index contributed by atoms with van der Waals surface area (Å²) in [5, 5.41) is 1.71. The predicted octanol–water partition coefficient (Wildman–Crippen LogP) is 3.77. The van der Waals surface area contributed by atoms with Crippen LogP contribution in [0.3, 0.4) is 0 Å². The van der Waals surface area contributed by atoms with Gasteiger partial charge in [0.25, 0.3) is 5.91 Å². The van der Waals surface area contributed by atoms with Gasteiger partial charge in [-0.05, 0) is 58.2 Å². The lowest BCUT2D eigenvalue weighted by Gasteiger charge is -2.36. The summed E-state index contributed by atoms with van der Waals surface area (Å²) >= 11 is 6.43. The molecular weight excluding hydrogens is 456 g/mol. The number of morpholine rings is 1. The smallest absolute Gasteiger partial charge is 0.410 e. The van der Waals surface area contributed by atoms with Crippen molar-refractivity contribution in [2.45, 2.75) is 70.9 Å². The zero-order valence-corrected chi connectivity index (χ0v) is 21.0. The van der Waals surface area contributed by atoms with Crippen LogP contribution >= 0.6 is 11.6 Å². The van der Waals surface area contributed by atoms with E-state index in [1.807, 2.05) is 44.0 Å². The largest absolute Gasteiger partial charge is 0.444 e. The monoisotopic (exact) mass is 490 g/mol. The van der Waals surface area contributed by atoms with Gasteiger partial charge in [-0.25, -0.2) is 4.79 Å². The second kappa shape index (κ2) is 10.1.